The van der Waals surface area contributed by atoms with Crippen LogP contribution in [0.25, 0.3) is 0 Å². The van der Waals surface area contributed by atoms with E-state index in [9.17, 15) is 39.3 Å². The standard InChI is InChI=1S/C27H42O10.C6H10/c1-14(11-15(2)9-10-28)7-8-20(29)17(4)22(31)12-21(30)16(3)19(6)36-24(33)13-23(32)25-18(5)26(34)37-27(25)35;1-4-6(3)5-2/h10,14-17,19-21,23,29-30,32H,7-9,11-13H2,1-6H3;4H,1,3,5H2,2H3. The monoisotopic (exact) mass is 608 g/mol. The number of hydrogen-bond acceptors (Lipinski definition) is 10. The summed E-state index contributed by atoms with van der Waals surface area (Å²) in [5, 5.41) is 31.2. The summed E-state index contributed by atoms with van der Waals surface area (Å²) in [6.07, 6.45) is 1.00. The predicted octanol–water partition coefficient (Wildman–Crippen LogP) is 4.19. The number of allylic oxidation sites excluding steroid dienone is 2. The Morgan fingerprint density at radius 3 is 2.02 bits per heavy atom. The Balaban J connectivity index is 0.00000265. The number of Topliss-reactive ketones (excluding diaryl/α,β-unsaturated/α-hetero) is 1. The summed E-state index contributed by atoms with van der Waals surface area (Å²) in [5.74, 6) is -3.78. The number of aliphatic hydroxyl groups excluding tert-OH is 3. The van der Waals surface area contributed by atoms with Crippen molar-refractivity contribution in [3.63, 3.8) is 0 Å². The van der Waals surface area contributed by atoms with Crippen LogP contribution in [-0.2, 0) is 33.4 Å². The minimum Gasteiger partial charge on any atom is -0.462 e. The van der Waals surface area contributed by atoms with Crippen LogP contribution in [0.4, 0.5) is 0 Å². The maximum Gasteiger partial charge on any atom is 0.345 e. The summed E-state index contributed by atoms with van der Waals surface area (Å²) < 4.78 is 9.67. The van der Waals surface area contributed by atoms with Gasteiger partial charge in [-0.15, -0.1) is 0 Å². The van der Waals surface area contributed by atoms with Crippen LogP contribution in [0.15, 0.2) is 36.0 Å². The van der Waals surface area contributed by atoms with E-state index in [0.717, 1.165) is 24.7 Å². The van der Waals surface area contributed by atoms with Crippen molar-refractivity contribution in [3.05, 3.63) is 36.0 Å². The van der Waals surface area contributed by atoms with Crippen LogP contribution in [0.3, 0.4) is 0 Å². The van der Waals surface area contributed by atoms with Crippen molar-refractivity contribution >= 4 is 30.0 Å². The molecule has 1 aliphatic heterocycles. The van der Waals surface area contributed by atoms with E-state index in [1.807, 2.05) is 13.8 Å². The molecule has 0 amide bonds. The first kappa shape index (κ1) is 40.1. The molecule has 0 spiro atoms. The first-order valence-electron chi connectivity index (χ1n) is 15.0. The first-order chi connectivity index (χ1) is 20.0. The maximum atomic E-state index is 12.7. The normalized spacial score (nSPS) is 18.6. The molecule has 1 rings (SSSR count). The predicted molar refractivity (Wildman–Crippen MR) is 162 cm³/mol. The Morgan fingerprint density at radius 1 is 0.953 bits per heavy atom. The van der Waals surface area contributed by atoms with Gasteiger partial charge in [-0.25, -0.2) is 9.59 Å². The topological polar surface area (TPSA) is 164 Å². The van der Waals surface area contributed by atoms with Crippen molar-refractivity contribution in [2.75, 3.05) is 0 Å². The molecule has 8 atom stereocenters. The summed E-state index contributed by atoms with van der Waals surface area (Å²) in [5.41, 5.74) is 0.750. The van der Waals surface area contributed by atoms with Crippen LogP contribution in [0, 0.1) is 23.7 Å². The van der Waals surface area contributed by atoms with Crippen LogP contribution < -0.4 is 0 Å². The molecule has 0 bridgehead atoms. The molecule has 0 aliphatic carbocycles. The molecule has 0 saturated heterocycles. The van der Waals surface area contributed by atoms with Crippen molar-refractivity contribution in [1.82, 2.24) is 0 Å². The zero-order valence-corrected chi connectivity index (χ0v) is 26.8. The van der Waals surface area contributed by atoms with E-state index < -0.39 is 60.6 Å². The van der Waals surface area contributed by atoms with Gasteiger partial charge in [0.05, 0.1) is 30.3 Å². The molecule has 10 heteroatoms. The molecule has 0 saturated carbocycles. The van der Waals surface area contributed by atoms with Crippen molar-refractivity contribution in [2.45, 2.75) is 118 Å². The van der Waals surface area contributed by atoms with Gasteiger partial charge in [-0.2, -0.15) is 0 Å². The highest BCUT2D eigenvalue weighted by molar-refractivity contribution is 6.12. The molecule has 1 heterocycles. The Kier molecular flexibility index (Phi) is 18.7. The Labute approximate surface area is 256 Å². The quantitative estimate of drug-likeness (QED) is 0.0838. The molecule has 0 fully saturated rings. The molecule has 8 unspecified atom stereocenters. The fourth-order valence-electron chi connectivity index (χ4n) is 4.51. The number of aliphatic hydroxyl groups is 3. The largest absolute Gasteiger partial charge is 0.462 e. The van der Waals surface area contributed by atoms with Gasteiger partial charge >= 0.3 is 17.9 Å². The number of carbonyl (C=O) groups excluding carboxylic acids is 5. The summed E-state index contributed by atoms with van der Waals surface area (Å²) in [4.78, 5) is 58.6. The van der Waals surface area contributed by atoms with Gasteiger partial charge in [0.2, 0.25) is 0 Å². The summed E-state index contributed by atoms with van der Waals surface area (Å²) in [7, 11) is 0. The first-order valence-corrected chi connectivity index (χ1v) is 15.0. The van der Waals surface area contributed by atoms with Crippen LogP contribution in [0.1, 0.15) is 93.4 Å². The number of ether oxygens (including phenoxy) is 2. The number of ketones is 1. The Bertz CT molecular complexity index is 1010. The van der Waals surface area contributed by atoms with E-state index in [-0.39, 0.29) is 29.3 Å². The average molecular weight is 609 g/mol. The minimum atomic E-state index is -1.57. The van der Waals surface area contributed by atoms with E-state index in [1.54, 1.807) is 19.9 Å². The van der Waals surface area contributed by atoms with Gasteiger partial charge in [0.15, 0.2) is 0 Å². The van der Waals surface area contributed by atoms with Crippen LogP contribution in [0.5, 0.6) is 0 Å². The molecule has 0 radical (unpaired) electrons. The van der Waals surface area contributed by atoms with Crippen molar-refractivity contribution in [2.24, 2.45) is 23.7 Å². The zero-order valence-electron chi connectivity index (χ0n) is 26.8. The molecular formula is C33H52O10. The molecule has 3 N–H and O–H groups in total. The van der Waals surface area contributed by atoms with Gasteiger partial charge in [-0.1, -0.05) is 59.4 Å². The number of carbonyl (C=O) groups is 5. The third-order valence-corrected chi connectivity index (χ3v) is 7.97. The lowest BCUT2D eigenvalue weighted by Gasteiger charge is -2.27. The summed E-state index contributed by atoms with van der Waals surface area (Å²) in [6.45, 7) is 19.4. The van der Waals surface area contributed by atoms with Crippen molar-refractivity contribution in [3.8, 4) is 0 Å². The van der Waals surface area contributed by atoms with Gasteiger partial charge in [0, 0.05) is 30.3 Å². The van der Waals surface area contributed by atoms with E-state index in [4.69, 9.17) is 4.74 Å². The second kappa shape index (κ2) is 20.1. The third-order valence-electron chi connectivity index (χ3n) is 7.97. The summed E-state index contributed by atoms with van der Waals surface area (Å²) >= 11 is 0. The average Bonchev–Trinajstić information content (AvgIpc) is 3.20. The molecule has 244 valence electrons. The lowest BCUT2D eigenvalue weighted by molar-refractivity contribution is -0.154. The molecular weight excluding hydrogens is 556 g/mol. The molecule has 0 aromatic heterocycles. The minimum absolute atomic E-state index is 0.0705. The van der Waals surface area contributed by atoms with E-state index in [2.05, 4.69) is 24.8 Å². The molecule has 0 aromatic carbocycles. The van der Waals surface area contributed by atoms with Gasteiger partial charge in [-0.05, 0) is 51.4 Å². The smallest absolute Gasteiger partial charge is 0.345 e. The zero-order chi connectivity index (χ0) is 33.4. The Morgan fingerprint density at radius 2 is 1.56 bits per heavy atom. The maximum absolute atomic E-state index is 12.7. The number of cyclic esters (lactones) is 2. The Hall–Kier alpha value is -2.95. The van der Waals surface area contributed by atoms with Crippen LogP contribution in [-0.4, -0.2) is 69.7 Å². The van der Waals surface area contributed by atoms with Gasteiger partial charge < -0.3 is 29.6 Å². The van der Waals surface area contributed by atoms with E-state index in [1.165, 1.54) is 13.8 Å². The lowest BCUT2D eigenvalue weighted by Crippen LogP contribution is -2.36. The number of hydrogen-bond donors (Lipinski definition) is 3. The second-order valence-electron chi connectivity index (χ2n) is 11.7. The van der Waals surface area contributed by atoms with E-state index in [0.29, 0.717) is 25.2 Å². The number of aldehydes is 1. The number of esters is 3. The SMILES string of the molecule is C=CC(=C)CC.CC1=C(C(O)CC(=O)OC(C)C(C)C(O)CC(=O)C(C)C(O)CCC(C)CC(C)CC=O)C(=O)OC1=O. The number of rotatable bonds is 19. The van der Waals surface area contributed by atoms with E-state index >= 15 is 0 Å². The van der Waals surface area contributed by atoms with Crippen molar-refractivity contribution < 1.29 is 48.8 Å². The third kappa shape index (κ3) is 14.4. The highest BCUT2D eigenvalue weighted by atomic mass is 16.6. The second-order valence-corrected chi connectivity index (χ2v) is 11.7. The van der Waals surface area contributed by atoms with Crippen molar-refractivity contribution in [1.29, 1.82) is 0 Å². The van der Waals surface area contributed by atoms with Gasteiger partial charge in [0.1, 0.15) is 18.2 Å². The summed E-state index contributed by atoms with van der Waals surface area (Å²) in [6, 6.07) is 0. The molecule has 1 aliphatic rings. The highest BCUT2D eigenvalue weighted by Gasteiger charge is 2.36. The lowest BCUT2D eigenvalue weighted by atomic mass is 9.86. The van der Waals surface area contributed by atoms with Crippen LogP contribution in [0.2, 0.25) is 0 Å². The van der Waals surface area contributed by atoms with Gasteiger partial charge in [-0.3, -0.25) is 9.59 Å². The molecule has 10 nitrogen and oxygen atoms in total. The van der Waals surface area contributed by atoms with Gasteiger partial charge in [0.25, 0.3) is 0 Å². The molecule has 43 heavy (non-hydrogen) atoms. The highest BCUT2D eigenvalue weighted by Crippen LogP contribution is 2.25. The fraction of sp³-hybridized carbons (Fsp3) is 0.667. The molecule has 0 aromatic rings. The fourth-order valence-corrected chi connectivity index (χ4v) is 4.51. The van der Waals surface area contributed by atoms with Crippen LogP contribution >= 0.6 is 0 Å².